The molecule has 0 aromatic carbocycles. The van der Waals surface area contributed by atoms with Gasteiger partial charge in [-0.25, -0.2) is 4.98 Å². The lowest BCUT2D eigenvalue weighted by atomic mass is 9.86. The number of furan rings is 1. The molecule has 3 fully saturated rings. The van der Waals surface area contributed by atoms with Crippen LogP contribution in [0.15, 0.2) is 22.8 Å². The van der Waals surface area contributed by atoms with E-state index in [2.05, 4.69) is 15.2 Å². The zero-order valence-electron chi connectivity index (χ0n) is 12.1. The van der Waals surface area contributed by atoms with Gasteiger partial charge in [-0.3, -0.25) is 9.69 Å². The summed E-state index contributed by atoms with van der Waals surface area (Å²) in [5.74, 6) is 0.663. The number of amides is 1. The van der Waals surface area contributed by atoms with Crippen LogP contribution in [0.5, 0.6) is 0 Å². The Morgan fingerprint density at radius 2 is 2.24 bits per heavy atom. The molecule has 5 rings (SSSR count). The molecule has 5 heteroatoms. The van der Waals surface area contributed by atoms with E-state index >= 15 is 0 Å². The Labute approximate surface area is 123 Å². The number of nitrogens with one attached hydrogen (secondary N) is 1. The molecule has 0 saturated carbocycles. The summed E-state index contributed by atoms with van der Waals surface area (Å²) in [4.78, 5) is 19.2. The van der Waals surface area contributed by atoms with Gasteiger partial charge < -0.3 is 9.73 Å². The van der Waals surface area contributed by atoms with Crippen molar-refractivity contribution in [2.75, 3.05) is 13.1 Å². The van der Waals surface area contributed by atoms with E-state index in [4.69, 9.17) is 4.42 Å². The predicted molar refractivity (Wildman–Crippen MR) is 78.9 cm³/mol. The molecule has 5 heterocycles. The Hall–Kier alpha value is -1.88. The summed E-state index contributed by atoms with van der Waals surface area (Å²) in [6.45, 7) is 4.10. The minimum atomic E-state index is -0.103. The Kier molecular flexibility index (Phi) is 2.96. The van der Waals surface area contributed by atoms with Crippen LogP contribution >= 0.6 is 0 Å². The third-order valence-corrected chi connectivity index (χ3v) is 4.82. The van der Waals surface area contributed by atoms with Gasteiger partial charge in [0.15, 0.2) is 0 Å². The number of hydrogen-bond donors (Lipinski definition) is 1. The smallest absolute Gasteiger partial charge is 0.271 e. The van der Waals surface area contributed by atoms with Gasteiger partial charge in [0.25, 0.3) is 5.91 Å². The molecule has 3 aliphatic rings. The molecule has 2 aromatic rings. The zero-order chi connectivity index (χ0) is 14.4. The fraction of sp³-hybridized carbons (Fsp3) is 0.500. The number of rotatable bonds is 2. The van der Waals surface area contributed by atoms with Crippen molar-refractivity contribution in [3.63, 3.8) is 0 Å². The number of aromatic nitrogens is 1. The van der Waals surface area contributed by atoms with Crippen molar-refractivity contribution in [2.45, 2.75) is 32.4 Å². The number of hydrogen-bond acceptors (Lipinski definition) is 4. The summed E-state index contributed by atoms with van der Waals surface area (Å²) in [5.41, 5.74) is 1.99. The zero-order valence-corrected chi connectivity index (χ0v) is 12.1. The molecule has 2 bridgehead atoms. The number of piperidine rings is 3. The Morgan fingerprint density at radius 3 is 2.95 bits per heavy atom. The van der Waals surface area contributed by atoms with E-state index in [1.807, 2.05) is 13.0 Å². The summed E-state index contributed by atoms with van der Waals surface area (Å²) < 4.78 is 5.40. The maximum atomic E-state index is 12.5. The molecular formula is C16H19N3O2. The largest absolute Gasteiger partial charge is 0.464 e. The molecule has 1 atom stereocenters. The molecule has 1 N–H and O–H groups in total. The van der Waals surface area contributed by atoms with Gasteiger partial charge >= 0.3 is 0 Å². The van der Waals surface area contributed by atoms with Crippen LogP contribution in [-0.2, 0) is 0 Å². The molecule has 1 amide bonds. The lowest BCUT2D eigenvalue weighted by Gasteiger charge is -2.45. The van der Waals surface area contributed by atoms with E-state index < -0.39 is 0 Å². The third kappa shape index (κ3) is 2.21. The number of nitrogens with zero attached hydrogens (tertiary/aromatic N) is 2. The average Bonchev–Trinajstić information content (AvgIpc) is 2.97. The quantitative estimate of drug-likeness (QED) is 0.920. The molecule has 0 spiro atoms. The fourth-order valence-corrected chi connectivity index (χ4v) is 3.59. The number of carbonyl (C=O) groups is 1. The molecule has 2 aromatic heterocycles. The lowest BCUT2D eigenvalue weighted by molar-refractivity contribution is 0.0293. The van der Waals surface area contributed by atoms with Crippen molar-refractivity contribution in [1.29, 1.82) is 0 Å². The monoisotopic (exact) mass is 285 g/mol. The van der Waals surface area contributed by atoms with Crippen LogP contribution in [0.3, 0.4) is 0 Å². The van der Waals surface area contributed by atoms with Gasteiger partial charge in [0.05, 0.1) is 12.4 Å². The van der Waals surface area contributed by atoms with Gasteiger partial charge in [-0.05, 0) is 38.2 Å². The van der Waals surface area contributed by atoms with Crippen LogP contribution in [0.4, 0.5) is 0 Å². The lowest BCUT2D eigenvalue weighted by Crippen LogP contribution is -2.56. The van der Waals surface area contributed by atoms with Crippen molar-refractivity contribution in [2.24, 2.45) is 5.92 Å². The first-order chi connectivity index (χ1) is 10.2. The van der Waals surface area contributed by atoms with Crippen molar-refractivity contribution in [1.82, 2.24) is 15.2 Å². The summed E-state index contributed by atoms with van der Waals surface area (Å²) in [6, 6.07) is 3.61. The number of aryl methyl sites for hydroxylation is 1. The van der Waals surface area contributed by atoms with Crippen molar-refractivity contribution in [3.8, 4) is 0 Å². The maximum Gasteiger partial charge on any atom is 0.271 e. The highest BCUT2D eigenvalue weighted by Crippen LogP contribution is 2.30. The molecule has 5 nitrogen and oxygen atoms in total. The highest BCUT2D eigenvalue weighted by atomic mass is 16.3. The minimum absolute atomic E-state index is 0.103. The second-order valence-electron chi connectivity index (χ2n) is 6.13. The standard InChI is InChI=1S/C16H19N3O2/c1-10-12-4-7-21-14(12)9-13(17-10)16(20)18-15-8-11-2-5-19(15)6-3-11/h4,7,9,11,15H,2-3,5-6,8H2,1H3,(H,18,20). The van der Waals surface area contributed by atoms with E-state index in [0.717, 1.165) is 42.1 Å². The van der Waals surface area contributed by atoms with Gasteiger partial charge in [0, 0.05) is 30.2 Å². The van der Waals surface area contributed by atoms with E-state index in [0.29, 0.717) is 5.69 Å². The Bertz CT molecular complexity index is 686. The molecule has 3 aliphatic heterocycles. The van der Waals surface area contributed by atoms with E-state index in [1.165, 1.54) is 12.8 Å². The van der Waals surface area contributed by atoms with Gasteiger partial charge in [-0.1, -0.05) is 0 Å². The molecule has 3 saturated heterocycles. The van der Waals surface area contributed by atoms with Crippen LogP contribution in [0.25, 0.3) is 11.0 Å². The average molecular weight is 285 g/mol. The molecule has 0 radical (unpaired) electrons. The van der Waals surface area contributed by atoms with E-state index in [1.54, 1.807) is 12.3 Å². The second-order valence-corrected chi connectivity index (χ2v) is 6.13. The predicted octanol–water partition coefficient (Wildman–Crippen LogP) is 2.31. The maximum absolute atomic E-state index is 12.5. The number of pyridine rings is 1. The fourth-order valence-electron chi connectivity index (χ4n) is 3.59. The van der Waals surface area contributed by atoms with Crippen LogP contribution < -0.4 is 5.32 Å². The highest BCUT2D eigenvalue weighted by Gasteiger charge is 2.34. The minimum Gasteiger partial charge on any atom is -0.464 e. The first kappa shape index (κ1) is 12.8. The number of carbonyl (C=O) groups excluding carboxylic acids is 1. The van der Waals surface area contributed by atoms with Crippen molar-refractivity contribution in [3.05, 3.63) is 29.8 Å². The van der Waals surface area contributed by atoms with E-state index in [9.17, 15) is 4.79 Å². The summed E-state index contributed by atoms with van der Waals surface area (Å²) >= 11 is 0. The summed E-state index contributed by atoms with van der Waals surface area (Å²) in [5, 5.41) is 4.10. The normalized spacial score (nSPS) is 28.0. The highest BCUT2D eigenvalue weighted by molar-refractivity contribution is 5.96. The third-order valence-electron chi connectivity index (χ3n) is 4.82. The Balaban J connectivity index is 1.56. The van der Waals surface area contributed by atoms with Crippen molar-refractivity contribution < 1.29 is 9.21 Å². The van der Waals surface area contributed by atoms with E-state index in [-0.39, 0.29) is 12.1 Å². The van der Waals surface area contributed by atoms with Crippen LogP contribution in [0.1, 0.15) is 35.4 Å². The second kappa shape index (κ2) is 4.84. The SMILES string of the molecule is Cc1nc(C(=O)NC2CC3CCN2CC3)cc2occc12. The Morgan fingerprint density at radius 1 is 1.43 bits per heavy atom. The molecular weight excluding hydrogens is 266 g/mol. The summed E-state index contributed by atoms with van der Waals surface area (Å²) in [7, 11) is 0. The van der Waals surface area contributed by atoms with Crippen LogP contribution in [-0.4, -0.2) is 35.0 Å². The van der Waals surface area contributed by atoms with Gasteiger partial charge in [0.1, 0.15) is 11.3 Å². The van der Waals surface area contributed by atoms with Gasteiger partial charge in [-0.15, -0.1) is 0 Å². The van der Waals surface area contributed by atoms with Gasteiger partial charge in [-0.2, -0.15) is 0 Å². The molecule has 1 unspecified atom stereocenters. The first-order valence-corrected chi connectivity index (χ1v) is 7.60. The van der Waals surface area contributed by atoms with Crippen LogP contribution in [0.2, 0.25) is 0 Å². The topological polar surface area (TPSA) is 58.4 Å². The molecule has 0 aliphatic carbocycles. The summed E-state index contributed by atoms with van der Waals surface area (Å²) in [6.07, 6.45) is 5.39. The first-order valence-electron chi connectivity index (χ1n) is 7.60. The van der Waals surface area contributed by atoms with Gasteiger partial charge in [0.2, 0.25) is 0 Å². The molecule has 21 heavy (non-hydrogen) atoms. The van der Waals surface area contributed by atoms with Crippen molar-refractivity contribution >= 4 is 16.9 Å². The molecule has 110 valence electrons. The van der Waals surface area contributed by atoms with Crippen LogP contribution in [0, 0.1) is 12.8 Å². The number of fused-ring (bicyclic) bond motifs is 4.